The van der Waals surface area contributed by atoms with E-state index >= 15 is 0 Å². The first kappa shape index (κ1) is 19.9. The van der Waals surface area contributed by atoms with Gasteiger partial charge in [0, 0.05) is 13.1 Å². The minimum atomic E-state index is -0.790. The standard InChI is InChI=1S/C22H18Cl2N2O2/c23-18-12-7-13-19(24)20(18)25-21(27)22(28)26(14-16-8-3-1-4-9-16)15-17-10-5-2-6-11-17/h1-13H,14-15H2,(H,25,27). The van der Waals surface area contributed by atoms with E-state index < -0.39 is 11.8 Å². The number of nitrogens with zero attached hydrogens (tertiary/aromatic N) is 1. The fourth-order valence-electron chi connectivity index (χ4n) is 2.73. The van der Waals surface area contributed by atoms with Crippen LogP contribution in [0.2, 0.25) is 10.0 Å². The van der Waals surface area contributed by atoms with Crippen molar-refractivity contribution in [3.05, 3.63) is 100 Å². The zero-order valence-corrected chi connectivity index (χ0v) is 16.5. The number of hydrogen-bond donors (Lipinski definition) is 1. The van der Waals surface area contributed by atoms with Gasteiger partial charge in [0.05, 0.1) is 15.7 Å². The maximum absolute atomic E-state index is 12.9. The molecule has 6 heteroatoms. The van der Waals surface area contributed by atoms with Crippen LogP contribution in [0.3, 0.4) is 0 Å². The molecule has 1 N–H and O–H groups in total. The van der Waals surface area contributed by atoms with Gasteiger partial charge in [-0.15, -0.1) is 0 Å². The van der Waals surface area contributed by atoms with Gasteiger partial charge in [0.2, 0.25) is 0 Å². The minimum absolute atomic E-state index is 0.226. The number of carbonyl (C=O) groups excluding carboxylic acids is 2. The number of anilines is 1. The Kier molecular flexibility index (Phi) is 6.69. The molecule has 0 saturated heterocycles. The van der Waals surface area contributed by atoms with Crippen LogP contribution in [-0.2, 0) is 22.7 Å². The number of amides is 2. The van der Waals surface area contributed by atoms with E-state index in [0.29, 0.717) is 13.1 Å². The summed E-state index contributed by atoms with van der Waals surface area (Å²) in [7, 11) is 0. The van der Waals surface area contributed by atoms with Gasteiger partial charge in [-0.05, 0) is 23.3 Å². The van der Waals surface area contributed by atoms with Crippen molar-refractivity contribution in [3.63, 3.8) is 0 Å². The van der Waals surface area contributed by atoms with Crippen molar-refractivity contribution in [2.24, 2.45) is 0 Å². The lowest BCUT2D eigenvalue weighted by Crippen LogP contribution is -2.39. The maximum Gasteiger partial charge on any atom is 0.314 e. The Hall–Kier alpha value is -2.82. The van der Waals surface area contributed by atoms with Crippen molar-refractivity contribution >= 4 is 40.7 Å². The zero-order valence-electron chi connectivity index (χ0n) is 14.9. The van der Waals surface area contributed by atoms with Crippen LogP contribution in [0.25, 0.3) is 0 Å². The monoisotopic (exact) mass is 412 g/mol. The molecule has 0 aliphatic heterocycles. The number of halogens is 2. The molecular weight excluding hydrogens is 395 g/mol. The number of carbonyl (C=O) groups is 2. The molecule has 3 rings (SSSR count). The topological polar surface area (TPSA) is 49.4 Å². The summed E-state index contributed by atoms with van der Waals surface area (Å²) in [5.74, 6) is -1.45. The fraction of sp³-hybridized carbons (Fsp3) is 0.0909. The quantitative estimate of drug-likeness (QED) is 0.588. The minimum Gasteiger partial charge on any atom is -0.326 e. The van der Waals surface area contributed by atoms with Gasteiger partial charge in [0.15, 0.2) is 0 Å². The van der Waals surface area contributed by atoms with Crippen molar-refractivity contribution in [3.8, 4) is 0 Å². The first-order chi connectivity index (χ1) is 13.5. The SMILES string of the molecule is O=C(Nc1c(Cl)cccc1Cl)C(=O)N(Cc1ccccc1)Cc1ccccc1. The number of benzene rings is 3. The molecule has 0 aromatic heterocycles. The van der Waals surface area contributed by atoms with Crippen molar-refractivity contribution in [1.29, 1.82) is 0 Å². The highest BCUT2D eigenvalue weighted by Crippen LogP contribution is 2.29. The second kappa shape index (κ2) is 9.40. The Morgan fingerprint density at radius 3 is 1.64 bits per heavy atom. The predicted molar refractivity (Wildman–Crippen MR) is 112 cm³/mol. The zero-order chi connectivity index (χ0) is 19.9. The van der Waals surface area contributed by atoms with Gasteiger partial charge in [-0.1, -0.05) is 89.9 Å². The Morgan fingerprint density at radius 1 is 0.714 bits per heavy atom. The summed E-state index contributed by atoms with van der Waals surface area (Å²) >= 11 is 12.2. The lowest BCUT2D eigenvalue weighted by atomic mass is 10.1. The van der Waals surface area contributed by atoms with Crippen LogP contribution in [-0.4, -0.2) is 16.7 Å². The molecule has 0 saturated carbocycles. The Balaban J connectivity index is 1.81. The smallest absolute Gasteiger partial charge is 0.314 e. The van der Waals surface area contributed by atoms with Crippen LogP contribution in [0, 0.1) is 0 Å². The summed E-state index contributed by atoms with van der Waals surface area (Å²) in [6, 6.07) is 23.9. The van der Waals surface area contributed by atoms with E-state index in [9.17, 15) is 9.59 Å². The molecule has 0 heterocycles. The van der Waals surface area contributed by atoms with Crippen LogP contribution in [0.15, 0.2) is 78.9 Å². The van der Waals surface area contributed by atoms with Crippen molar-refractivity contribution in [1.82, 2.24) is 4.90 Å². The summed E-state index contributed by atoms with van der Waals surface area (Å²) in [4.78, 5) is 27.0. The Labute approximate surface area is 173 Å². The van der Waals surface area contributed by atoms with E-state index in [4.69, 9.17) is 23.2 Å². The van der Waals surface area contributed by atoms with E-state index in [1.165, 1.54) is 4.90 Å². The number of hydrogen-bond acceptors (Lipinski definition) is 2. The molecule has 0 atom stereocenters. The van der Waals surface area contributed by atoms with Gasteiger partial charge in [0.25, 0.3) is 0 Å². The van der Waals surface area contributed by atoms with Crippen molar-refractivity contribution in [2.75, 3.05) is 5.32 Å². The second-order valence-electron chi connectivity index (χ2n) is 6.18. The Morgan fingerprint density at radius 2 is 1.18 bits per heavy atom. The molecule has 0 radical (unpaired) electrons. The van der Waals surface area contributed by atoms with Crippen LogP contribution in [0.5, 0.6) is 0 Å². The van der Waals surface area contributed by atoms with E-state index in [-0.39, 0.29) is 15.7 Å². The van der Waals surface area contributed by atoms with E-state index in [1.807, 2.05) is 60.7 Å². The van der Waals surface area contributed by atoms with Gasteiger partial charge in [-0.3, -0.25) is 9.59 Å². The van der Waals surface area contributed by atoms with Crippen LogP contribution < -0.4 is 5.32 Å². The fourth-order valence-corrected chi connectivity index (χ4v) is 3.23. The van der Waals surface area contributed by atoms with E-state index in [0.717, 1.165) is 11.1 Å². The molecule has 4 nitrogen and oxygen atoms in total. The third-order valence-electron chi connectivity index (χ3n) is 4.12. The van der Waals surface area contributed by atoms with Crippen LogP contribution in [0.1, 0.15) is 11.1 Å². The van der Waals surface area contributed by atoms with Crippen LogP contribution >= 0.6 is 23.2 Å². The highest BCUT2D eigenvalue weighted by Gasteiger charge is 2.24. The van der Waals surface area contributed by atoms with Gasteiger partial charge < -0.3 is 10.2 Å². The lowest BCUT2D eigenvalue weighted by Gasteiger charge is -2.23. The van der Waals surface area contributed by atoms with Crippen LogP contribution in [0.4, 0.5) is 5.69 Å². The van der Waals surface area contributed by atoms with Gasteiger partial charge >= 0.3 is 11.8 Å². The average Bonchev–Trinajstić information content (AvgIpc) is 2.71. The van der Waals surface area contributed by atoms with E-state index in [1.54, 1.807) is 18.2 Å². The maximum atomic E-state index is 12.9. The molecule has 0 unspecified atom stereocenters. The summed E-state index contributed by atoms with van der Waals surface area (Å²) in [6.45, 7) is 0.608. The second-order valence-corrected chi connectivity index (χ2v) is 7.00. The van der Waals surface area contributed by atoms with E-state index in [2.05, 4.69) is 5.32 Å². The summed E-state index contributed by atoms with van der Waals surface area (Å²) in [5.41, 5.74) is 2.08. The molecule has 0 spiro atoms. The molecule has 0 fully saturated rings. The van der Waals surface area contributed by atoms with Gasteiger partial charge in [-0.25, -0.2) is 0 Å². The molecule has 2 amide bonds. The lowest BCUT2D eigenvalue weighted by molar-refractivity contribution is -0.144. The highest BCUT2D eigenvalue weighted by molar-refractivity contribution is 6.44. The number of rotatable bonds is 5. The molecular formula is C22H18Cl2N2O2. The molecule has 3 aromatic rings. The van der Waals surface area contributed by atoms with Gasteiger partial charge in [-0.2, -0.15) is 0 Å². The molecule has 0 bridgehead atoms. The van der Waals surface area contributed by atoms with Crippen molar-refractivity contribution < 1.29 is 9.59 Å². The first-order valence-corrected chi connectivity index (χ1v) is 9.42. The molecule has 3 aromatic carbocycles. The normalized spacial score (nSPS) is 10.4. The van der Waals surface area contributed by atoms with Crippen molar-refractivity contribution in [2.45, 2.75) is 13.1 Å². The Bertz CT molecular complexity index is 901. The average molecular weight is 413 g/mol. The third kappa shape index (κ3) is 5.12. The first-order valence-electron chi connectivity index (χ1n) is 8.66. The predicted octanol–water partition coefficient (Wildman–Crippen LogP) is 5.16. The number of nitrogens with one attached hydrogen (secondary N) is 1. The molecule has 28 heavy (non-hydrogen) atoms. The third-order valence-corrected chi connectivity index (χ3v) is 4.75. The molecule has 0 aliphatic carbocycles. The summed E-state index contributed by atoms with van der Waals surface area (Å²) in [6.07, 6.45) is 0. The number of para-hydroxylation sites is 1. The van der Waals surface area contributed by atoms with Gasteiger partial charge in [0.1, 0.15) is 0 Å². The molecule has 0 aliphatic rings. The molecule has 142 valence electrons. The highest BCUT2D eigenvalue weighted by atomic mass is 35.5. The largest absolute Gasteiger partial charge is 0.326 e. The summed E-state index contributed by atoms with van der Waals surface area (Å²) in [5, 5.41) is 3.08. The summed E-state index contributed by atoms with van der Waals surface area (Å²) < 4.78 is 0.